The highest BCUT2D eigenvalue weighted by Crippen LogP contribution is 2.50. The molecule has 0 saturated heterocycles. The van der Waals surface area contributed by atoms with E-state index in [1.54, 1.807) is 32.0 Å². The molecule has 0 unspecified atom stereocenters. The molecule has 1 atom stereocenters. The van der Waals surface area contributed by atoms with Gasteiger partial charge in [-0.15, -0.1) is 11.8 Å². The van der Waals surface area contributed by atoms with Crippen molar-refractivity contribution < 1.29 is 26.4 Å². The van der Waals surface area contributed by atoms with Gasteiger partial charge < -0.3 is 4.84 Å². The first-order chi connectivity index (χ1) is 15.2. The van der Waals surface area contributed by atoms with Gasteiger partial charge in [0.2, 0.25) is 10.0 Å². The van der Waals surface area contributed by atoms with Crippen molar-refractivity contribution >= 4 is 66.6 Å². The zero-order valence-corrected chi connectivity index (χ0v) is 21.9. The number of thioether (sulfide) groups is 1. The van der Waals surface area contributed by atoms with Crippen molar-refractivity contribution in [1.82, 2.24) is 4.72 Å². The summed E-state index contributed by atoms with van der Waals surface area (Å²) in [5.41, 5.74) is -2.50. The van der Waals surface area contributed by atoms with E-state index in [-0.39, 0.29) is 32.4 Å². The van der Waals surface area contributed by atoms with Gasteiger partial charge in [0, 0.05) is 43.0 Å². The van der Waals surface area contributed by atoms with E-state index < -0.39 is 28.2 Å². The molecular weight excluding hydrogens is 588 g/mol. The van der Waals surface area contributed by atoms with Crippen molar-refractivity contribution in [3.05, 3.63) is 62.0 Å². The number of benzene rings is 2. The summed E-state index contributed by atoms with van der Waals surface area (Å²) in [6.45, 7) is 3.44. The highest BCUT2D eigenvalue weighted by molar-refractivity contribution is 9.10. The molecule has 1 aliphatic heterocycles. The van der Waals surface area contributed by atoms with Crippen molar-refractivity contribution in [3.8, 4) is 0 Å². The van der Waals surface area contributed by atoms with Gasteiger partial charge in [0.25, 0.3) is 5.60 Å². The molecule has 3 rings (SSSR count). The summed E-state index contributed by atoms with van der Waals surface area (Å²) in [6.07, 6.45) is -5.38. The van der Waals surface area contributed by atoms with Gasteiger partial charge >= 0.3 is 6.18 Å². The van der Waals surface area contributed by atoms with Crippen LogP contribution >= 0.6 is 50.9 Å². The molecule has 0 bridgehead atoms. The van der Waals surface area contributed by atoms with E-state index in [0.717, 1.165) is 23.9 Å². The summed E-state index contributed by atoms with van der Waals surface area (Å²) < 4.78 is 69.5. The SMILES string of the molecule is CC(C)NS(=O)(=O)CSc1ccc(C2=NO[C@@](c3cc(Cl)cc(Cl)c3)(C(F)(F)F)C2)cc1Br. The van der Waals surface area contributed by atoms with Crippen LogP contribution in [-0.2, 0) is 20.5 Å². The largest absolute Gasteiger partial charge is 0.435 e. The fourth-order valence-corrected chi connectivity index (χ4v) is 6.91. The molecule has 180 valence electrons. The molecule has 0 amide bonds. The maximum absolute atomic E-state index is 14.1. The summed E-state index contributed by atoms with van der Waals surface area (Å²) in [7, 11) is -3.49. The maximum atomic E-state index is 14.1. The van der Waals surface area contributed by atoms with Crippen LogP contribution in [0.25, 0.3) is 0 Å². The Labute approximate surface area is 212 Å². The average molecular weight is 606 g/mol. The number of oxime groups is 1. The Morgan fingerprint density at radius 3 is 2.39 bits per heavy atom. The minimum absolute atomic E-state index is 0.0456. The lowest BCUT2D eigenvalue weighted by atomic mass is 9.86. The molecule has 0 aliphatic carbocycles. The average Bonchev–Trinajstić information content (AvgIpc) is 3.12. The molecule has 0 fully saturated rings. The summed E-state index contributed by atoms with van der Waals surface area (Å²) >= 11 is 16.3. The second-order valence-corrected chi connectivity index (χ2v) is 12.4. The fraction of sp³-hybridized carbons (Fsp3) is 0.350. The Balaban J connectivity index is 1.84. The summed E-state index contributed by atoms with van der Waals surface area (Å²) in [5, 5.41) is 3.61. The zero-order valence-electron chi connectivity index (χ0n) is 17.2. The molecule has 2 aromatic carbocycles. The van der Waals surface area contributed by atoms with Gasteiger partial charge in [0.15, 0.2) is 0 Å². The van der Waals surface area contributed by atoms with Crippen molar-refractivity contribution in [2.45, 2.75) is 43.0 Å². The minimum Gasteiger partial charge on any atom is -0.374 e. The van der Waals surface area contributed by atoms with Crippen LogP contribution in [0.4, 0.5) is 13.2 Å². The first-order valence-electron chi connectivity index (χ1n) is 9.43. The van der Waals surface area contributed by atoms with E-state index in [1.165, 1.54) is 6.07 Å². The topological polar surface area (TPSA) is 67.8 Å². The van der Waals surface area contributed by atoms with Crippen LogP contribution in [0.5, 0.6) is 0 Å². The number of halogens is 6. The van der Waals surface area contributed by atoms with Crippen LogP contribution in [0.15, 0.2) is 50.9 Å². The monoisotopic (exact) mass is 604 g/mol. The van der Waals surface area contributed by atoms with Crippen LogP contribution < -0.4 is 4.72 Å². The smallest absolute Gasteiger partial charge is 0.374 e. The van der Waals surface area contributed by atoms with Crippen molar-refractivity contribution in [2.75, 3.05) is 5.08 Å². The summed E-state index contributed by atoms with van der Waals surface area (Å²) in [6, 6.07) is 8.16. The van der Waals surface area contributed by atoms with Gasteiger partial charge in [-0.2, -0.15) is 13.2 Å². The van der Waals surface area contributed by atoms with Gasteiger partial charge in [-0.05, 0) is 60.1 Å². The Morgan fingerprint density at radius 1 is 1.21 bits per heavy atom. The predicted molar refractivity (Wildman–Crippen MR) is 128 cm³/mol. The number of alkyl halides is 3. The molecule has 0 aromatic heterocycles. The Kier molecular flexibility index (Phi) is 8.02. The highest BCUT2D eigenvalue weighted by Gasteiger charge is 2.62. The van der Waals surface area contributed by atoms with Crippen molar-refractivity contribution in [2.24, 2.45) is 5.16 Å². The van der Waals surface area contributed by atoms with Gasteiger partial charge in [-0.1, -0.05) is 34.4 Å². The first kappa shape index (κ1) is 26.6. The Bertz CT molecular complexity index is 1170. The van der Waals surface area contributed by atoms with Gasteiger partial charge in [0.1, 0.15) is 5.08 Å². The second-order valence-electron chi connectivity index (χ2n) is 7.58. The summed E-state index contributed by atoms with van der Waals surface area (Å²) in [4.78, 5) is 5.61. The van der Waals surface area contributed by atoms with E-state index in [2.05, 4.69) is 25.8 Å². The third-order valence-corrected chi connectivity index (χ3v) is 9.13. The molecule has 2 aromatic rings. The van der Waals surface area contributed by atoms with E-state index in [9.17, 15) is 21.6 Å². The van der Waals surface area contributed by atoms with Crippen LogP contribution in [-0.4, -0.2) is 31.4 Å². The van der Waals surface area contributed by atoms with Crippen molar-refractivity contribution in [1.29, 1.82) is 0 Å². The third kappa shape index (κ3) is 6.18. The first-order valence-corrected chi connectivity index (χ1v) is 13.6. The number of sulfonamides is 1. The van der Waals surface area contributed by atoms with Gasteiger partial charge in [-0.25, -0.2) is 13.1 Å². The normalized spacial score (nSPS) is 19.0. The number of hydrogen-bond donors (Lipinski definition) is 1. The van der Waals surface area contributed by atoms with E-state index >= 15 is 0 Å². The Hall–Kier alpha value is -0.980. The minimum atomic E-state index is -4.79. The number of nitrogens with zero attached hydrogens (tertiary/aromatic N) is 1. The number of hydrogen-bond acceptors (Lipinski definition) is 5. The molecule has 0 radical (unpaired) electrons. The fourth-order valence-electron chi connectivity index (χ4n) is 3.18. The quantitative estimate of drug-likeness (QED) is 0.356. The third-order valence-electron chi connectivity index (χ3n) is 4.56. The molecule has 0 saturated carbocycles. The maximum Gasteiger partial charge on any atom is 0.435 e. The van der Waals surface area contributed by atoms with Crippen LogP contribution in [0.2, 0.25) is 10.0 Å². The van der Waals surface area contributed by atoms with Gasteiger partial charge in [0.05, 0.1) is 5.71 Å². The van der Waals surface area contributed by atoms with Crippen LogP contribution in [0, 0.1) is 0 Å². The molecule has 1 N–H and O–H groups in total. The second kappa shape index (κ2) is 9.94. The van der Waals surface area contributed by atoms with E-state index in [0.29, 0.717) is 14.9 Å². The standard InChI is InChI=1S/C20H18BrCl2F3N2O3S2/c1-11(2)28-33(29,30)10-32-18-4-3-12(5-16(18)21)17-9-19(31-27-17,20(24,25)26)13-6-14(22)8-15(23)7-13/h3-8,11,28H,9-10H2,1-2H3/t19-/m0/s1. The van der Waals surface area contributed by atoms with Crippen LogP contribution in [0.3, 0.4) is 0 Å². The van der Waals surface area contributed by atoms with Crippen LogP contribution in [0.1, 0.15) is 31.4 Å². The number of rotatable bonds is 7. The lowest BCUT2D eigenvalue weighted by Crippen LogP contribution is -2.42. The molecule has 13 heteroatoms. The molecule has 0 spiro atoms. The molecule has 5 nitrogen and oxygen atoms in total. The van der Waals surface area contributed by atoms with E-state index in [4.69, 9.17) is 28.0 Å². The number of nitrogens with one attached hydrogen (secondary N) is 1. The lowest BCUT2D eigenvalue weighted by molar-refractivity contribution is -0.275. The molecule has 33 heavy (non-hydrogen) atoms. The lowest BCUT2D eigenvalue weighted by Gasteiger charge is -2.29. The molecule has 1 aliphatic rings. The van der Waals surface area contributed by atoms with E-state index in [1.807, 2.05) is 0 Å². The Morgan fingerprint density at radius 2 is 1.85 bits per heavy atom. The molecule has 1 heterocycles. The predicted octanol–water partition coefficient (Wildman–Crippen LogP) is 6.72. The zero-order chi connectivity index (χ0) is 24.6. The van der Waals surface area contributed by atoms with Crippen molar-refractivity contribution in [3.63, 3.8) is 0 Å². The summed E-state index contributed by atoms with van der Waals surface area (Å²) in [5.74, 6) is 0. The molecular formula is C20H18BrCl2F3N2O3S2. The van der Waals surface area contributed by atoms with Gasteiger partial charge in [-0.3, -0.25) is 0 Å². The highest BCUT2D eigenvalue weighted by atomic mass is 79.9.